The third-order valence-corrected chi connectivity index (χ3v) is 5.35. The fourth-order valence-electron chi connectivity index (χ4n) is 2.81. The van der Waals surface area contributed by atoms with Crippen LogP contribution in [0, 0.1) is 10.1 Å². The Labute approximate surface area is 169 Å². The van der Waals surface area contributed by atoms with Gasteiger partial charge in [-0.2, -0.15) is 0 Å². The van der Waals surface area contributed by atoms with Crippen LogP contribution in [0.25, 0.3) is 6.08 Å². The molecule has 6 nitrogen and oxygen atoms in total. The second-order valence-electron chi connectivity index (χ2n) is 6.40. The lowest BCUT2D eigenvalue weighted by Gasteiger charge is -2.05. The number of nitrogens with zero attached hydrogens (tertiary/aromatic N) is 1. The van der Waals surface area contributed by atoms with Crippen molar-refractivity contribution >= 4 is 29.0 Å². The molecule has 0 fully saturated rings. The Bertz CT molecular complexity index is 812. The van der Waals surface area contributed by atoms with Crippen LogP contribution < -0.4 is 10.1 Å². The number of benzene rings is 1. The highest BCUT2D eigenvalue weighted by Gasteiger charge is 2.10. The number of methoxy groups -OCH3 is 1. The third-order valence-electron chi connectivity index (χ3n) is 4.38. The number of carbonyl (C=O) groups excluding carboxylic acids is 1. The summed E-state index contributed by atoms with van der Waals surface area (Å²) in [5.41, 5.74) is 2.17. The maximum Gasteiger partial charge on any atom is 0.269 e. The first kappa shape index (κ1) is 21.6. The number of nitrogens with one attached hydrogen (secondary N) is 1. The van der Waals surface area contributed by atoms with Crippen molar-refractivity contribution < 1.29 is 14.5 Å². The van der Waals surface area contributed by atoms with Crippen molar-refractivity contribution in [1.29, 1.82) is 0 Å². The summed E-state index contributed by atoms with van der Waals surface area (Å²) in [6.45, 7) is 2.64. The summed E-state index contributed by atoms with van der Waals surface area (Å²) in [4.78, 5) is 23.4. The molecule has 1 heterocycles. The van der Waals surface area contributed by atoms with Crippen LogP contribution >= 0.6 is 11.3 Å². The van der Waals surface area contributed by atoms with E-state index in [4.69, 9.17) is 4.74 Å². The molecule has 0 aliphatic rings. The van der Waals surface area contributed by atoms with Crippen LogP contribution in [0.4, 0.5) is 5.69 Å². The van der Waals surface area contributed by atoms with Crippen LogP contribution in [0.1, 0.15) is 42.2 Å². The van der Waals surface area contributed by atoms with E-state index in [1.165, 1.54) is 18.6 Å². The molecule has 0 aliphatic carbocycles. The lowest BCUT2D eigenvalue weighted by Crippen LogP contribution is -2.23. The fraction of sp³-hybridized carbons (Fsp3) is 0.381. The number of unbranched alkanes of at least 4 members (excludes halogenated alkanes) is 2. The molecular weight excluding hydrogens is 376 g/mol. The molecule has 0 radical (unpaired) electrons. The number of ether oxygens (including phenoxy) is 1. The number of non-ortho nitro benzene ring substituents is 1. The van der Waals surface area contributed by atoms with Gasteiger partial charge in [0.15, 0.2) is 0 Å². The molecule has 0 unspecified atom stereocenters. The Kier molecular flexibility index (Phi) is 8.68. The minimum absolute atomic E-state index is 0.0665. The lowest BCUT2D eigenvalue weighted by atomic mass is 10.1. The number of amides is 1. The molecule has 0 saturated carbocycles. The van der Waals surface area contributed by atoms with Crippen LogP contribution in [0.2, 0.25) is 0 Å². The molecule has 0 bridgehead atoms. The molecule has 28 heavy (non-hydrogen) atoms. The van der Waals surface area contributed by atoms with Gasteiger partial charge in [-0.3, -0.25) is 14.9 Å². The molecule has 1 N–H and O–H groups in total. The fourth-order valence-corrected chi connectivity index (χ4v) is 3.78. The monoisotopic (exact) mass is 402 g/mol. The zero-order chi connectivity index (χ0) is 20.4. The zero-order valence-electron chi connectivity index (χ0n) is 16.3. The van der Waals surface area contributed by atoms with Crippen LogP contribution in [0.5, 0.6) is 5.75 Å². The van der Waals surface area contributed by atoms with Crippen molar-refractivity contribution in [2.45, 2.75) is 39.0 Å². The molecule has 0 saturated heterocycles. The van der Waals surface area contributed by atoms with Gasteiger partial charge in [0.1, 0.15) is 5.75 Å². The highest BCUT2D eigenvalue weighted by Crippen LogP contribution is 2.31. The van der Waals surface area contributed by atoms with E-state index >= 15 is 0 Å². The van der Waals surface area contributed by atoms with Crippen LogP contribution in [0.3, 0.4) is 0 Å². The maximum absolute atomic E-state index is 12.1. The molecule has 1 aromatic carbocycles. The second-order valence-corrected chi connectivity index (χ2v) is 7.31. The largest absolute Gasteiger partial charge is 0.496 e. The smallest absolute Gasteiger partial charge is 0.269 e. The molecular formula is C21H26N2O4S. The Morgan fingerprint density at radius 2 is 2.00 bits per heavy atom. The first-order valence-corrected chi connectivity index (χ1v) is 10.3. The Balaban J connectivity index is 1.86. The molecule has 7 heteroatoms. The van der Waals surface area contributed by atoms with Crippen LogP contribution in [-0.4, -0.2) is 24.5 Å². The minimum atomic E-state index is -0.424. The van der Waals surface area contributed by atoms with Gasteiger partial charge < -0.3 is 10.1 Å². The van der Waals surface area contributed by atoms with E-state index in [9.17, 15) is 14.9 Å². The number of hydrogen-bond acceptors (Lipinski definition) is 5. The van der Waals surface area contributed by atoms with Gasteiger partial charge in [0.2, 0.25) is 5.91 Å². The van der Waals surface area contributed by atoms with Gasteiger partial charge >= 0.3 is 0 Å². The first-order valence-electron chi connectivity index (χ1n) is 9.38. The number of nitro benzene ring substituents is 1. The predicted molar refractivity (Wildman–Crippen MR) is 113 cm³/mol. The normalized spacial score (nSPS) is 10.9. The molecule has 150 valence electrons. The summed E-state index contributed by atoms with van der Waals surface area (Å²) in [6, 6.07) is 6.36. The van der Waals surface area contributed by atoms with E-state index in [1.54, 1.807) is 36.7 Å². The van der Waals surface area contributed by atoms with E-state index in [0.717, 1.165) is 41.0 Å². The van der Waals surface area contributed by atoms with Crippen molar-refractivity contribution in [3.63, 3.8) is 0 Å². The topological polar surface area (TPSA) is 81.5 Å². The molecule has 1 aromatic heterocycles. The highest BCUT2D eigenvalue weighted by atomic mass is 32.1. The number of thiophene rings is 1. The summed E-state index contributed by atoms with van der Waals surface area (Å²) >= 11 is 1.58. The molecule has 1 amide bonds. The van der Waals surface area contributed by atoms with E-state index in [-0.39, 0.29) is 11.6 Å². The molecule has 0 spiro atoms. The average Bonchev–Trinajstić information content (AvgIpc) is 3.09. The standard InChI is InChI=1S/C21H26N2O4S/c1-3-4-5-6-18-19(27-2)15-28-20(18)11-12-21(24)22-14-13-16-7-9-17(10-8-16)23(25)26/h7-12,15H,3-6,13-14H2,1-2H3,(H,22,24). The van der Waals surface area contributed by atoms with Gasteiger partial charge in [0.25, 0.3) is 5.69 Å². The Hall–Kier alpha value is -2.67. The number of nitro groups is 1. The summed E-state index contributed by atoms with van der Waals surface area (Å²) < 4.78 is 5.43. The van der Waals surface area contributed by atoms with Gasteiger partial charge in [-0.15, -0.1) is 11.3 Å². The summed E-state index contributed by atoms with van der Waals surface area (Å²) in [7, 11) is 1.67. The molecule has 0 aliphatic heterocycles. The lowest BCUT2D eigenvalue weighted by molar-refractivity contribution is -0.384. The van der Waals surface area contributed by atoms with Gasteiger partial charge in [0, 0.05) is 40.6 Å². The minimum Gasteiger partial charge on any atom is -0.496 e. The highest BCUT2D eigenvalue weighted by molar-refractivity contribution is 7.11. The van der Waals surface area contributed by atoms with Crippen molar-refractivity contribution in [3.8, 4) is 5.75 Å². The van der Waals surface area contributed by atoms with Crippen molar-refractivity contribution in [2.75, 3.05) is 13.7 Å². The van der Waals surface area contributed by atoms with E-state index < -0.39 is 4.92 Å². The van der Waals surface area contributed by atoms with E-state index in [0.29, 0.717) is 13.0 Å². The zero-order valence-corrected chi connectivity index (χ0v) is 17.1. The number of carbonyl (C=O) groups is 1. The van der Waals surface area contributed by atoms with E-state index in [2.05, 4.69) is 12.2 Å². The van der Waals surface area contributed by atoms with E-state index in [1.807, 2.05) is 11.5 Å². The van der Waals surface area contributed by atoms with Gasteiger partial charge in [0.05, 0.1) is 12.0 Å². The second kappa shape index (κ2) is 11.2. The summed E-state index contributed by atoms with van der Waals surface area (Å²) in [5, 5.41) is 15.5. The summed E-state index contributed by atoms with van der Waals surface area (Å²) in [6.07, 6.45) is 8.39. The quantitative estimate of drug-likeness (QED) is 0.254. The molecule has 2 rings (SSSR count). The van der Waals surface area contributed by atoms with Crippen LogP contribution in [0.15, 0.2) is 35.7 Å². The van der Waals surface area contributed by atoms with Crippen LogP contribution in [-0.2, 0) is 17.6 Å². The maximum atomic E-state index is 12.1. The number of hydrogen-bond donors (Lipinski definition) is 1. The Morgan fingerprint density at radius 1 is 1.25 bits per heavy atom. The number of rotatable bonds is 11. The SMILES string of the molecule is CCCCCc1c(OC)csc1C=CC(=O)NCCc1ccc([N+](=O)[O-])cc1. The van der Waals surface area contributed by atoms with Gasteiger partial charge in [-0.05, 0) is 30.9 Å². The van der Waals surface area contributed by atoms with Crippen molar-refractivity contribution in [2.24, 2.45) is 0 Å². The molecule has 2 aromatic rings. The predicted octanol–water partition coefficient (Wildman–Crippen LogP) is 4.77. The van der Waals surface area contributed by atoms with Crippen molar-refractivity contribution in [1.82, 2.24) is 5.32 Å². The van der Waals surface area contributed by atoms with Crippen molar-refractivity contribution in [3.05, 3.63) is 61.8 Å². The molecule has 0 atom stereocenters. The van der Waals surface area contributed by atoms with Gasteiger partial charge in [-0.1, -0.05) is 31.9 Å². The third kappa shape index (κ3) is 6.49. The van der Waals surface area contributed by atoms with Gasteiger partial charge in [-0.25, -0.2) is 0 Å². The first-order chi connectivity index (χ1) is 13.5. The average molecular weight is 403 g/mol. The summed E-state index contributed by atoms with van der Waals surface area (Å²) in [5.74, 6) is 0.730. The Morgan fingerprint density at radius 3 is 2.64 bits per heavy atom.